The minimum atomic E-state index is -0.396. The van der Waals surface area contributed by atoms with Gasteiger partial charge in [-0.25, -0.2) is 4.39 Å². The van der Waals surface area contributed by atoms with Gasteiger partial charge in [-0.2, -0.15) is 0 Å². The maximum Gasteiger partial charge on any atom is 0.225 e. The van der Waals surface area contributed by atoms with Gasteiger partial charge in [0.2, 0.25) is 5.91 Å². The molecule has 0 aliphatic heterocycles. The first-order valence-corrected chi connectivity index (χ1v) is 7.74. The minimum Gasteiger partial charge on any atom is -0.324 e. The van der Waals surface area contributed by atoms with Crippen LogP contribution in [0.2, 0.25) is 0 Å². The number of benzene rings is 1. The van der Waals surface area contributed by atoms with Crippen molar-refractivity contribution in [1.82, 2.24) is 5.32 Å². The van der Waals surface area contributed by atoms with Gasteiger partial charge in [-0.3, -0.25) is 4.79 Å². The van der Waals surface area contributed by atoms with E-state index in [0.717, 1.165) is 6.42 Å². The molecular weight excluding hydrogens is 267 g/mol. The molecule has 2 rings (SSSR count). The van der Waals surface area contributed by atoms with Gasteiger partial charge >= 0.3 is 0 Å². The number of nitrogens with one attached hydrogen (secondary N) is 2. The van der Waals surface area contributed by atoms with Gasteiger partial charge < -0.3 is 10.6 Å². The van der Waals surface area contributed by atoms with Crippen molar-refractivity contribution in [2.45, 2.75) is 52.0 Å². The maximum absolute atomic E-state index is 13.4. The number of carbonyl (C=O) groups is 1. The quantitative estimate of drug-likeness (QED) is 0.868. The zero-order valence-corrected chi connectivity index (χ0v) is 12.9. The molecule has 21 heavy (non-hydrogen) atoms. The summed E-state index contributed by atoms with van der Waals surface area (Å²) in [7, 11) is 0. The summed E-state index contributed by atoms with van der Waals surface area (Å²) in [5.74, 6) is -0.546. The molecule has 1 aromatic rings. The molecule has 1 atom stereocenters. The predicted octanol–water partition coefficient (Wildman–Crippen LogP) is 3.71. The molecule has 1 fully saturated rings. The molecule has 0 saturated heterocycles. The summed E-state index contributed by atoms with van der Waals surface area (Å²) in [6.45, 7) is 5.23. The Kier molecular flexibility index (Phi) is 5.34. The number of hydrogen-bond donors (Lipinski definition) is 2. The first kappa shape index (κ1) is 16.0. The van der Waals surface area contributed by atoms with Crippen molar-refractivity contribution < 1.29 is 9.18 Å². The van der Waals surface area contributed by atoms with E-state index in [-0.39, 0.29) is 11.6 Å². The normalized spacial score (nSPS) is 21.0. The predicted molar refractivity (Wildman–Crippen MR) is 83.7 cm³/mol. The Morgan fingerprint density at radius 2 is 2.14 bits per heavy atom. The molecule has 1 aliphatic carbocycles. The first-order valence-electron chi connectivity index (χ1n) is 7.74. The summed E-state index contributed by atoms with van der Waals surface area (Å²) in [6.07, 6.45) is 5.22. The zero-order chi connectivity index (χ0) is 15.3. The Hall–Kier alpha value is -1.42. The van der Waals surface area contributed by atoms with Gasteiger partial charge in [0.25, 0.3) is 0 Å². The molecule has 3 nitrogen and oxygen atoms in total. The van der Waals surface area contributed by atoms with Crippen LogP contribution in [0.1, 0.15) is 46.0 Å². The molecule has 0 spiro atoms. The van der Waals surface area contributed by atoms with Crippen molar-refractivity contribution in [2.75, 3.05) is 11.9 Å². The molecule has 116 valence electrons. The summed E-state index contributed by atoms with van der Waals surface area (Å²) in [5, 5.41) is 6.06. The highest BCUT2D eigenvalue weighted by Crippen LogP contribution is 2.34. The summed E-state index contributed by atoms with van der Waals surface area (Å²) in [6, 6.07) is 6.73. The van der Waals surface area contributed by atoms with Crippen LogP contribution in [0.5, 0.6) is 0 Å². The van der Waals surface area contributed by atoms with Crippen LogP contribution in [-0.2, 0) is 4.79 Å². The second-order valence-corrected chi connectivity index (χ2v) is 6.69. The van der Waals surface area contributed by atoms with Crippen LogP contribution in [-0.4, -0.2) is 18.5 Å². The van der Waals surface area contributed by atoms with Gasteiger partial charge in [-0.15, -0.1) is 0 Å². The van der Waals surface area contributed by atoms with Gasteiger partial charge in [-0.1, -0.05) is 32.4 Å². The minimum absolute atomic E-state index is 0.150. The smallest absolute Gasteiger partial charge is 0.225 e. The Balaban J connectivity index is 1.71. The van der Waals surface area contributed by atoms with Crippen LogP contribution in [0.3, 0.4) is 0 Å². The molecular formula is C17H25FN2O. The van der Waals surface area contributed by atoms with E-state index in [1.165, 1.54) is 25.3 Å². The van der Waals surface area contributed by atoms with Crippen LogP contribution in [0.15, 0.2) is 24.3 Å². The van der Waals surface area contributed by atoms with Gasteiger partial charge in [0.05, 0.1) is 5.69 Å². The van der Waals surface area contributed by atoms with Crippen molar-refractivity contribution in [3.05, 3.63) is 30.1 Å². The van der Waals surface area contributed by atoms with Crippen molar-refractivity contribution in [2.24, 2.45) is 5.41 Å². The summed E-state index contributed by atoms with van der Waals surface area (Å²) in [5.41, 5.74) is 0.645. The fraction of sp³-hybridized carbons (Fsp3) is 0.588. The summed E-state index contributed by atoms with van der Waals surface area (Å²) < 4.78 is 13.4. The molecule has 0 heterocycles. The molecule has 1 aliphatic rings. The van der Waals surface area contributed by atoms with Gasteiger partial charge in [0.1, 0.15) is 5.82 Å². The van der Waals surface area contributed by atoms with Crippen LogP contribution in [0, 0.1) is 11.2 Å². The third-order valence-electron chi connectivity index (χ3n) is 4.14. The Labute approximate surface area is 126 Å². The van der Waals surface area contributed by atoms with Crippen LogP contribution in [0.25, 0.3) is 0 Å². The molecule has 1 amide bonds. The molecule has 1 saturated carbocycles. The van der Waals surface area contributed by atoms with E-state index < -0.39 is 5.82 Å². The van der Waals surface area contributed by atoms with E-state index in [0.29, 0.717) is 24.4 Å². The second kappa shape index (κ2) is 7.03. The Bertz CT molecular complexity index is 487. The second-order valence-electron chi connectivity index (χ2n) is 6.69. The van der Waals surface area contributed by atoms with Crippen LogP contribution in [0.4, 0.5) is 10.1 Å². The lowest BCUT2D eigenvalue weighted by molar-refractivity contribution is -0.116. The number of halogens is 1. The monoisotopic (exact) mass is 292 g/mol. The average molecular weight is 292 g/mol. The number of anilines is 1. The standard InChI is InChI=1S/C17H25FN2O/c1-17(2)10-5-6-13(12-17)19-11-9-16(21)20-15-8-4-3-7-14(15)18/h3-4,7-8,13,19H,5-6,9-12H2,1-2H3,(H,20,21)/t13-/m1/s1. The van der Waals surface area contributed by atoms with Crippen LogP contribution < -0.4 is 10.6 Å². The number of hydrogen-bond acceptors (Lipinski definition) is 2. The number of rotatable bonds is 5. The largest absolute Gasteiger partial charge is 0.324 e. The van der Waals surface area contributed by atoms with Gasteiger partial charge in [0.15, 0.2) is 0 Å². The Morgan fingerprint density at radius 3 is 2.86 bits per heavy atom. The highest BCUT2D eigenvalue weighted by Gasteiger charge is 2.27. The lowest BCUT2D eigenvalue weighted by Gasteiger charge is -2.35. The number of para-hydroxylation sites is 1. The average Bonchev–Trinajstić information content (AvgIpc) is 2.40. The third kappa shape index (κ3) is 5.12. The van der Waals surface area contributed by atoms with Gasteiger partial charge in [0, 0.05) is 19.0 Å². The Morgan fingerprint density at radius 1 is 1.38 bits per heavy atom. The lowest BCUT2D eigenvalue weighted by Crippen LogP contribution is -2.38. The highest BCUT2D eigenvalue weighted by molar-refractivity contribution is 5.90. The fourth-order valence-corrected chi connectivity index (χ4v) is 3.04. The molecule has 0 bridgehead atoms. The molecule has 0 aromatic heterocycles. The zero-order valence-electron chi connectivity index (χ0n) is 12.9. The van der Waals surface area contributed by atoms with Crippen molar-refractivity contribution >= 4 is 11.6 Å². The molecule has 2 N–H and O–H groups in total. The van der Waals surface area contributed by atoms with E-state index >= 15 is 0 Å². The van der Waals surface area contributed by atoms with E-state index in [1.807, 2.05) is 0 Å². The summed E-state index contributed by atoms with van der Waals surface area (Å²) in [4.78, 5) is 11.8. The SMILES string of the molecule is CC1(C)CCC[C@@H](NCCC(=O)Nc2ccccc2F)C1. The van der Waals surface area contributed by atoms with E-state index in [2.05, 4.69) is 24.5 Å². The molecule has 0 unspecified atom stereocenters. The van der Waals surface area contributed by atoms with E-state index in [9.17, 15) is 9.18 Å². The number of carbonyl (C=O) groups excluding carboxylic acids is 1. The maximum atomic E-state index is 13.4. The fourth-order valence-electron chi connectivity index (χ4n) is 3.04. The van der Waals surface area contributed by atoms with Crippen molar-refractivity contribution in [3.63, 3.8) is 0 Å². The third-order valence-corrected chi connectivity index (χ3v) is 4.14. The molecule has 0 radical (unpaired) electrons. The first-order chi connectivity index (χ1) is 9.96. The van der Waals surface area contributed by atoms with E-state index in [4.69, 9.17) is 0 Å². The summed E-state index contributed by atoms with van der Waals surface area (Å²) >= 11 is 0. The number of amides is 1. The molecule has 4 heteroatoms. The van der Waals surface area contributed by atoms with E-state index in [1.54, 1.807) is 18.2 Å². The molecule has 1 aromatic carbocycles. The van der Waals surface area contributed by atoms with Crippen LogP contribution >= 0.6 is 0 Å². The lowest BCUT2D eigenvalue weighted by atomic mass is 9.75. The highest BCUT2D eigenvalue weighted by atomic mass is 19.1. The van der Waals surface area contributed by atoms with Crippen molar-refractivity contribution in [3.8, 4) is 0 Å². The van der Waals surface area contributed by atoms with Gasteiger partial charge in [-0.05, 0) is 36.8 Å². The van der Waals surface area contributed by atoms with Crippen molar-refractivity contribution in [1.29, 1.82) is 0 Å². The topological polar surface area (TPSA) is 41.1 Å².